The predicted octanol–water partition coefficient (Wildman–Crippen LogP) is 2.32. The van der Waals surface area contributed by atoms with E-state index >= 15 is 4.39 Å². The molecule has 0 unspecified atom stereocenters. The lowest BCUT2D eigenvalue weighted by molar-refractivity contribution is 0.00578. The van der Waals surface area contributed by atoms with Crippen LogP contribution >= 0.6 is 0 Å². The SMILES string of the molecule is Cc1nnc(C)n1-c1cccc(B2OC(C)(C)C(C)(C)O2)c1F. The number of aromatic nitrogens is 3. The zero-order valence-electron chi connectivity index (χ0n) is 14.3. The van der Waals surface area contributed by atoms with Crippen molar-refractivity contribution in [3.63, 3.8) is 0 Å². The van der Waals surface area contributed by atoms with Crippen LogP contribution in [0.5, 0.6) is 0 Å². The molecule has 122 valence electrons. The Hall–Kier alpha value is -1.73. The highest BCUT2D eigenvalue weighted by Gasteiger charge is 2.52. The first-order valence-electron chi connectivity index (χ1n) is 7.67. The Morgan fingerprint density at radius 1 is 1.00 bits per heavy atom. The maximum Gasteiger partial charge on any atom is 0.497 e. The monoisotopic (exact) mass is 317 g/mol. The van der Waals surface area contributed by atoms with Crippen molar-refractivity contribution in [2.45, 2.75) is 52.7 Å². The highest BCUT2D eigenvalue weighted by atomic mass is 19.1. The van der Waals surface area contributed by atoms with E-state index in [9.17, 15) is 0 Å². The maximum absolute atomic E-state index is 15.1. The largest absolute Gasteiger partial charge is 0.497 e. The molecule has 1 saturated heterocycles. The van der Waals surface area contributed by atoms with Gasteiger partial charge in [0.15, 0.2) is 0 Å². The first kappa shape index (κ1) is 16.1. The Bertz CT molecular complexity index is 722. The Labute approximate surface area is 136 Å². The molecule has 2 heterocycles. The Kier molecular flexibility index (Phi) is 3.61. The van der Waals surface area contributed by atoms with Gasteiger partial charge in [-0.15, -0.1) is 10.2 Å². The van der Waals surface area contributed by atoms with E-state index in [0.717, 1.165) is 0 Å². The van der Waals surface area contributed by atoms with E-state index in [1.165, 1.54) is 0 Å². The topological polar surface area (TPSA) is 49.2 Å². The number of hydrogen-bond acceptors (Lipinski definition) is 4. The van der Waals surface area contributed by atoms with Crippen molar-refractivity contribution in [3.05, 3.63) is 35.7 Å². The molecule has 0 aliphatic carbocycles. The molecule has 0 atom stereocenters. The minimum atomic E-state index is -0.739. The van der Waals surface area contributed by atoms with Crippen LogP contribution in [0.25, 0.3) is 5.69 Å². The molecule has 0 spiro atoms. The minimum Gasteiger partial charge on any atom is -0.399 e. The minimum absolute atomic E-state index is 0.378. The first-order valence-corrected chi connectivity index (χ1v) is 7.67. The summed E-state index contributed by atoms with van der Waals surface area (Å²) in [5.41, 5.74) is -0.240. The van der Waals surface area contributed by atoms with Crippen molar-refractivity contribution in [3.8, 4) is 5.69 Å². The maximum atomic E-state index is 15.1. The summed E-state index contributed by atoms with van der Waals surface area (Å²) in [4.78, 5) is 0. The molecule has 0 N–H and O–H groups in total. The van der Waals surface area contributed by atoms with Crippen LogP contribution in [0.4, 0.5) is 4.39 Å². The molecule has 2 aromatic rings. The van der Waals surface area contributed by atoms with Gasteiger partial charge in [-0.05, 0) is 47.6 Å². The van der Waals surface area contributed by atoms with Crippen LogP contribution in [0.15, 0.2) is 18.2 Å². The average molecular weight is 317 g/mol. The number of halogens is 1. The predicted molar refractivity (Wildman–Crippen MR) is 86.5 cm³/mol. The van der Waals surface area contributed by atoms with Crippen LogP contribution < -0.4 is 5.46 Å². The lowest BCUT2D eigenvalue weighted by atomic mass is 9.78. The molecule has 1 aromatic heterocycles. The summed E-state index contributed by atoms with van der Waals surface area (Å²) in [6, 6.07) is 5.18. The fraction of sp³-hybridized carbons (Fsp3) is 0.500. The van der Waals surface area contributed by atoms with Gasteiger partial charge >= 0.3 is 7.12 Å². The Morgan fingerprint density at radius 3 is 2.04 bits per heavy atom. The summed E-state index contributed by atoms with van der Waals surface area (Å²) < 4.78 is 28.7. The average Bonchev–Trinajstić information content (AvgIpc) is 2.87. The van der Waals surface area contributed by atoms with Crippen LogP contribution in [-0.2, 0) is 9.31 Å². The number of rotatable bonds is 2. The van der Waals surface area contributed by atoms with Gasteiger partial charge in [-0.3, -0.25) is 4.57 Å². The quantitative estimate of drug-likeness (QED) is 0.798. The van der Waals surface area contributed by atoms with Gasteiger partial charge < -0.3 is 9.31 Å². The molecule has 3 rings (SSSR count). The van der Waals surface area contributed by atoms with Gasteiger partial charge in [-0.1, -0.05) is 12.1 Å². The number of benzene rings is 1. The second kappa shape index (κ2) is 5.14. The van der Waals surface area contributed by atoms with Gasteiger partial charge in [0, 0.05) is 5.46 Å². The summed E-state index contributed by atoms with van der Waals surface area (Å²) in [5, 5.41) is 7.98. The first-order chi connectivity index (χ1) is 10.6. The molecule has 1 aliphatic heterocycles. The molecule has 0 amide bonds. The van der Waals surface area contributed by atoms with Crippen molar-refractivity contribution in [2.75, 3.05) is 0 Å². The smallest absolute Gasteiger partial charge is 0.399 e. The summed E-state index contributed by atoms with van der Waals surface area (Å²) in [6.45, 7) is 11.4. The van der Waals surface area contributed by atoms with Gasteiger partial charge in [0.1, 0.15) is 17.5 Å². The van der Waals surface area contributed by atoms with Gasteiger partial charge in [-0.25, -0.2) is 4.39 Å². The zero-order valence-corrected chi connectivity index (χ0v) is 14.3. The summed E-state index contributed by atoms with van der Waals surface area (Å²) in [6.07, 6.45) is 0. The van der Waals surface area contributed by atoms with Gasteiger partial charge in [0.2, 0.25) is 0 Å². The van der Waals surface area contributed by atoms with Crippen LogP contribution in [0.3, 0.4) is 0 Å². The molecule has 1 aromatic carbocycles. The molecular formula is C16H21BFN3O2. The standard InChI is InChI=1S/C16H21BFN3O2/c1-10-19-20-11(2)21(10)13-9-7-8-12(14(13)18)17-22-15(3,4)16(5,6)23-17/h7-9H,1-6H3. The second-order valence-corrected chi connectivity index (χ2v) is 6.90. The molecule has 1 aliphatic rings. The highest BCUT2D eigenvalue weighted by molar-refractivity contribution is 6.62. The number of nitrogens with zero attached hydrogens (tertiary/aromatic N) is 3. The van der Waals surface area contributed by atoms with Crippen molar-refractivity contribution in [1.82, 2.24) is 14.8 Å². The summed E-state index contributed by atoms with van der Waals surface area (Å²) in [7, 11) is -0.739. The molecule has 7 heteroatoms. The molecule has 0 radical (unpaired) electrons. The highest BCUT2D eigenvalue weighted by Crippen LogP contribution is 2.36. The van der Waals surface area contributed by atoms with E-state index in [1.807, 2.05) is 27.7 Å². The van der Waals surface area contributed by atoms with Crippen LogP contribution in [0.1, 0.15) is 39.3 Å². The van der Waals surface area contributed by atoms with Gasteiger partial charge in [0.05, 0.1) is 16.9 Å². The normalized spacial score (nSPS) is 19.3. The number of aryl methyl sites for hydroxylation is 2. The van der Waals surface area contributed by atoms with Crippen molar-refractivity contribution in [1.29, 1.82) is 0 Å². The molecule has 23 heavy (non-hydrogen) atoms. The van der Waals surface area contributed by atoms with Crippen LogP contribution in [0.2, 0.25) is 0 Å². The summed E-state index contributed by atoms with van der Waals surface area (Å²) in [5.74, 6) is 0.886. The molecular weight excluding hydrogens is 296 g/mol. The van der Waals surface area contributed by atoms with E-state index in [1.54, 1.807) is 36.6 Å². The molecule has 1 fully saturated rings. The Morgan fingerprint density at radius 2 is 1.52 bits per heavy atom. The van der Waals surface area contributed by atoms with Crippen LogP contribution in [0, 0.1) is 19.7 Å². The second-order valence-electron chi connectivity index (χ2n) is 6.90. The van der Waals surface area contributed by atoms with E-state index in [4.69, 9.17) is 9.31 Å². The molecule has 0 saturated carbocycles. The van der Waals surface area contributed by atoms with Gasteiger partial charge in [-0.2, -0.15) is 0 Å². The van der Waals surface area contributed by atoms with Crippen molar-refractivity contribution in [2.24, 2.45) is 0 Å². The third kappa shape index (κ3) is 2.48. The van der Waals surface area contributed by atoms with Crippen LogP contribution in [-0.4, -0.2) is 33.1 Å². The van der Waals surface area contributed by atoms with Crippen molar-refractivity contribution >= 4 is 12.6 Å². The lowest BCUT2D eigenvalue weighted by Gasteiger charge is -2.32. The third-order valence-electron chi connectivity index (χ3n) is 4.74. The van der Waals surface area contributed by atoms with E-state index in [0.29, 0.717) is 22.8 Å². The van der Waals surface area contributed by atoms with E-state index < -0.39 is 18.3 Å². The van der Waals surface area contributed by atoms with Gasteiger partial charge in [0.25, 0.3) is 0 Å². The lowest BCUT2D eigenvalue weighted by Crippen LogP contribution is -2.41. The molecule has 5 nitrogen and oxygen atoms in total. The third-order valence-corrected chi connectivity index (χ3v) is 4.74. The van der Waals surface area contributed by atoms with E-state index in [2.05, 4.69) is 10.2 Å². The fourth-order valence-corrected chi connectivity index (χ4v) is 2.68. The van der Waals surface area contributed by atoms with Crippen molar-refractivity contribution < 1.29 is 13.7 Å². The summed E-state index contributed by atoms with van der Waals surface area (Å²) >= 11 is 0. The fourth-order valence-electron chi connectivity index (χ4n) is 2.68. The zero-order chi connectivity index (χ0) is 17.0. The Balaban J connectivity index is 2.06. The van der Waals surface area contributed by atoms with E-state index in [-0.39, 0.29) is 5.82 Å². The number of hydrogen-bond donors (Lipinski definition) is 0. The molecule has 0 bridgehead atoms.